The van der Waals surface area contributed by atoms with Crippen molar-refractivity contribution in [3.05, 3.63) is 41.1 Å². The van der Waals surface area contributed by atoms with Crippen LogP contribution in [0.15, 0.2) is 24.3 Å². The highest BCUT2D eigenvalue weighted by Crippen LogP contribution is 2.39. The average Bonchev–Trinajstić information content (AvgIpc) is 2.84. The van der Waals surface area contributed by atoms with Gasteiger partial charge in [0.15, 0.2) is 0 Å². The lowest BCUT2D eigenvalue weighted by Crippen LogP contribution is -2.27. The standard InChI is InChI=1S/C15H20N4/c1-10-8-12-6-4-5-7-14(12)19(10)15-13(9-16)11(2)17-18(15)3/h4-7,10H,8-9,16H2,1-3H3. The van der Waals surface area contributed by atoms with Crippen molar-refractivity contribution in [2.75, 3.05) is 4.90 Å². The Bertz CT molecular complexity index is 615. The fourth-order valence-electron chi connectivity index (χ4n) is 3.12. The molecule has 2 aromatic rings. The van der Waals surface area contributed by atoms with Crippen LogP contribution in [-0.4, -0.2) is 15.8 Å². The van der Waals surface area contributed by atoms with Gasteiger partial charge in [0, 0.05) is 30.9 Å². The van der Waals surface area contributed by atoms with Crippen molar-refractivity contribution in [1.82, 2.24) is 9.78 Å². The molecule has 0 amide bonds. The Balaban J connectivity index is 2.17. The van der Waals surface area contributed by atoms with Crippen LogP contribution in [0.4, 0.5) is 11.5 Å². The Labute approximate surface area is 113 Å². The van der Waals surface area contributed by atoms with Gasteiger partial charge in [0.1, 0.15) is 5.82 Å². The van der Waals surface area contributed by atoms with Gasteiger partial charge in [-0.2, -0.15) is 5.10 Å². The van der Waals surface area contributed by atoms with Crippen LogP contribution in [0.3, 0.4) is 0 Å². The maximum atomic E-state index is 5.92. The van der Waals surface area contributed by atoms with E-state index >= 15 is 0 Å². The first-order valence-electron chi connectivity index (χ1n) is 6.73. The minimum absolute atomic E-state index is 0.442. The molecule has 4 heteroatoms. The lowest BCUT2D eigenvalue weighted by Gasteiger charge is -2.26. The number of hydrogen-bond acceptors (Lipinski definition) is 3. The molecular weight excluding hydrogens is 236 g/mol. The quantitative estimate of drug-likeness (QED) is 0.896. The van der Waals surface area contributed by atoms with Gasteiger partial charge in [-0.05, 0) is 31.9 Å². The molecule has 2 heterocycles. The van der Waals surface area contributed by atoms with E-state index < -0.39 is 0 Å². The van der Waals surface area contributed by atoms with Crippen LogP contribution in [0.2, 0.25) is 0 Å². The summed E-state index contributed by atoms with van der Waals surface area (Å²) in [5.41, 5.74) is 10.8. The smallest absolute Gasteiger partial charge is 0.136 e. The summed E-state index contributed by atoms with van der Waals surface area (Å²) in [5, 5.41) is 4.53. The van der Waals surface area contributed by atoms with E-state index in [1.807, 2.05) is 18.7 Å². The van der Waals surface area contributed by atoms with Crippen molar-refractivity contribution in [2.24, 2.45) is 12.8 Å². The van der Waals surface area contributed by atoms with Gasteiger partial charge in [0.2, 0.25) is 0 Å². The maximum absolute atomic E-state index is 5.92. The van der Waals surface area contributed by atoms with Crippen molar-refractivity contribution < 1.29 is 0 Å². The molecule has 0 bridgehead atoms. The van der Waals surface area contributed by atoms with Gasteiger partial charge in [-0.15, -0.1) is 0 Å². The van der Waals surface area contributed by atoms with Crippen LogP contribution in [-0.2, 0) is 20.0 Å². The van der Waals surface area contributed by atoms with Crippen molar-refractivity contribution in [2.45, 2.75) is 32.9 Å². The first-order valence-corrected chi connectivity index (χ1v) is 6.73. The molecule has 1 atom stereocenters. The molecule has 2 N–H and O–H groups in total. The van der Waals surface area contributed by atoms with E-state index in [4.69, 9.17) is 5.73 Å². The molecule has 0 aliphatic carbocycles. The molecular formula is C15H20N4. The predicted octanol–water partition coefficient (Wildman–Crippen LogP) is 2.27. The largest absolute Gasteiger partial charge is 0.326 e. The van der Waals surface area contributed by atoms with E-state index in [1.165, 1.54) is 11.3 Å². The molecule has 4 nitrogen and oxygen atoms in total. The Kier molecular flexibility index (Phi) is 2.82. The van der Waals surface area contributed by atoms with E-state index in [2.05, 4.69) is 41.2 Å². The van der Waals surface area contributed by atoms with Crippen LogP contribution in [0.5, 0.6) is 0 Å². The zero-order valence-electron chi connectivity index (χ0n) is 11.7. The number of anilines is 2. The summed E-state index contributed by atoms with van der Waals surface area (Å²) in [4.78, 5) is 2.37. The number of nitrogens with zero attached hydrogens (tertiary/aromatic N) is 3. The molecule has 100 valence electrons. The van der Waals surface area contributed by atoms with Crippen molar-refractivity contribution in [1.29, 1.82) is 0 Å². The Hall–Kier alpha value is -1.81. The highest BCUT2D eigenvalue weighted by Gasteiger charge is 2.30. The first-order chi connectivity index (χ1) is 9.13. The molecule has 0 fully saturated rings. The number of fused-ring (bicyclic) bond motifs is 1. The lowest BCUT2D eigenvalue weighted by atomic mass is 10.1. The molecule has 1 aromatic carbocycles. The van der Waals surface area contributed by atoms with Gasteiger partial charge in [-0.25, -0.2) is 0 Å². The Morgan fingerprint density at radius 2 is 2.11 bits per heavy atom. The Morgan fingerprint density at radius 3 is 2.84 bits per heavy atom. The second kappa shape index (κ2) is 4.38. The monoisotopic (exact) mass is 256 g/mol. The molecule has 0 saturated heterocycles. The minimum Gasteiger partial charge on any atom is -0.326 e. The third kappa shape index (κ3) is 1.75. The van der Waals surface area contributed by atoms with Crippen LogP contribution >= 0.6 is 0 Å². The third-order valence-electron chi connectivity index (χ3n) is 3.95. The summed E-state index contributed by atoms with van der Waals surface area (Å²) in [5.74, 6) is 1.14. The third-order valence-corrected chi connectivity index (χ3v) is 3.95. The number of aromatic nitrogens is 2. The molecule has 3 rings (SSSR count). The summed E-state index contributed by atoms with van der Waals surface area (Å²) in [6.07, 6.45) is 1.07. The van der Waals surface area contributed by atoms with Crippen molar-refractivity contribution in [3.63, 3.8) is 0 Å². The van der Waals surface area contributed by atoms with Gasteiger partial charge in [0.25, 0.3) is 0 Å². The number of hydrogen-bond donors (Lipinski definition) is 1. The van der Waals surface area contributed by atoms with Gasteiger partial charge in [-0.3, -0.25) is 4.68 Å². The van der Waals surface area contributed by atoms with Gasteiger partial charge < -0.3 is 10.6 Å². The highest BCUT2D eigenvalue weighted by molar-refractivity contribution is 5.71. The van der Waals surface area contributed by atoms with Crippen LogP contribution in [0.25, 0.3) is 0 Å². The van der Waals surface area contributed by atoms with Crippen LogP contribution in [0, 0.1) is 6.92 Å². The molecule has 19 heavy (non-hydrogen) atoms. The number of nitrogens with two attached hydrogens (primary N) is 1. The number of aryl methyl sites for hydroxylation is 2. The van der Waals surface area contributed by atoms with E-state index in [9.17, 15) is 0 Å². The van der Waals surface area contributed by atoms with Gasteiger partial charge in [0.05, 0.1) is 5.69 Å². The van der Waals surface area contributed by atoms with E-state index in [0.717, 1.165) is 23.5 Å². The lowest BCUT2D eigenvalue weighted by molar-refractivity contribution is 0.692. The van der Waals surface area contributed by atoms with Gasteiger partial charge >= 0.3 is 0 Å². The second-order valence-corrected chi connectivity index (χ2v) is 5.27. The number of para-hydroxylation sites is 1. The van der Waals surface area contributed by atoms with E-state index in [1.54, 1.807) is 0 Å². The zero-order chi connectivity index (χ0) is 13.6. The fraction of sp³-hybridized carbons (Fsp3) is 0.400. The van der Waals surface area contributed by atoms with Crippen LogP contribution in [0.1, 0.15) is 23.7 Å². The molecule has 1 aliphatic heterocycles. The van der Waals surface area contributed by atoms with Gasteiger partial charge in [-0.1, -0.05) is 18.2 Å². The summed E-state index contributed by atoms with van der Waals surface area (Å²) >= 11 is 0. The molecule has 1 aliphatic rings. The predicted molar refractivity (Wildman–Crippen MR) is 77.6 cm³/mol. The molecule has 0 saturated carbocycles. The molecule has 1 unspecified atom stereocenters. The number of rotatable bonds is 2. The minimum atomic E-state index is 0.442. The SMILES string of the molecule is Cc1nn(C)c(N2c3ccccc3CC2C)c1CN. The average molecular weight is 256 g/mol. The van der Waals surface area contributed by atoms with Crippen molar-refractivity contribution in [3.8, 4) is 0 Å². The Morgan fingerprint density at radius 1 is 1.37 bits per heavy atom. The second-order valence-electron chi connectivity index (χ2n) is 5.27. The molecule has 0 spiro atoms. The summed E-state index contributed by atoms with van der Waals surface area (Å²) in [6, 6.07) is 9.03. The molecule has 0 radical (unpaired) electrons. The fourth-order valence-corrected chi connectivity index (χ4v) is 3.12. The summed E-state index contributed by atoms with van der Waals surface area (Å²) in [6.45, 7) is 4.81. The van der Waals surface area contributed by atoms with Crippen molar-refractivity contribution >= 4 is 11.5 Å². The molecule has 1 aromatic heterocycles. The normalized spacial score (nSPS) is 17.9. The summed E-state index contributed by atoms with van der Waals surface area (Å²) < 4.78 is 1.95. The van der Waals surface area contributed by atoms with Crippen LogP contribution < -0.4 is 10.6 Å². The van der Waals surface area contributed by atoms with E-state index in [0.29, 0.717) is 12.6 Å². The number of benzene rings is 1. The van der Waals surface area contributed by atoms with E-state index in [-0.39, 0.29) is 0 Å². The first kappa shape index (κ1) is 12.2. The topological polar surface area (TPSA) is 47.1 Å². The summed E-state index contributed by atoms with van der Waals surface area (Å²) in [7, 11) is 2.00. The highest BCUT2D eigenvalue weighted by atomic mass is 15.4. The maximum Gasteiger partial charge on any atom is 0.136 e. The zero-order valence-corrected chi connectivity index (χ0v) is 11.7.